The van der Waals surface area contributed by atoms with Gasteiger partial charge in [-0.15, -0.1) is 0 Å². The van der Waals surface area contributed by atoms with Gasteiger partial charge in [0, 0.05) is 56.2 Å². The van der Waals surface area contributed by atoms with Gasteiger partial charge in [0.05, 0.1) is 29.6 Å². The number of carbonyl (C=O) groups excluding carboxylic acids is 4. The summed E-state index contributed by atoms with van der Waals surface area (Å²) in [6.07, 6.45) is 3.40. The first-order chi connectivity index (χ1) is 32.2. The summed E-state index contributed by atoms with van der Waals surface area (Å²) in [7, 11) is -2.04. The number of fused-ring (bicyclic) bond motifs is 1. The van der Waals surface area contributed by atoms with E-state index < -0.39 is 31.5 Å². The number of likely N-dealkylation sites (tertiary alicyclic amines) is 1. The number of aromatic nitrogens is 2. The first-order valence-electron chi connectivity index (χ1n) is 24.0. The minimum atomic E-state index is -2.04. The number of nitrogens with zero attached hydrogens (tertiary/aromatic N) is 5. The molecule has 6 rings (SSSR count). The normalized spacial score (nSPS) is 15.0. The molecule has 0 spiro atoms. The maximum Gasteiger partial charge on any atom is 0.410 e. The van der Waals surface area contributed by atoms with Gasteiger partial charge < -0.3 is 34.3 Å². The summed E-state index contributed by atoms with van der Waals surface area (Å²) in [6, 6.07) is 16.6. The summed E-state index contributed by atoms with van der Waals surface area (Å²) < 4.78 is 17.7. The van der Waals surface area contributed by atoms with Gasteiger partial charge in [-0.05, 0) is 145 Å². The molecule has 0 atom stereocenters. The van der Waals surface area contributed by atoms with Gasteiger partial charge in [0.1, 0.15) is 22.6 Å². The predicted octanol–water partition coefficient (Wildman–Crippen LogP) is 11.4. The molecule has 0 unspecified atom stereocenters. The van der Waals surface area contributed by atoms with Crippen LogP contribution in [0.4, 0.5) is 21.0 Å². The number of ether oxygens (including phenoxy) is 2. The molecule has 2 N–H and O–H groups in total. The van der Waals surface area contributed by atoms with E-state index in [1.807, 2.05) is 91.8 Å². The zero-order chi connectivity index (χ0) is 50.6. The number of piperidine rings is 1. The van der Waals surface area contributed by atoms with E-state index in [0.29, 0.717) is 66.5 Å². The van der Waals surface area contributed by atoms with Gasteiger partial charge in [-0.25, -0.2) is 14.6 Å². The number of pyridine rings is 2. The van der Waals surface area contributed by atoms with E-state index in [2.05, 4.69) is 54.4 Å². The second kappa shape index (κ2) is 21.3. The van der Waals surface area contributed by atoms with Crippen LogP contribution in [0.5, 0.6) is 0 Å². The van der Waals surface area contributed by atoms with Crippen molar-refractivity contribution < 1.29 is 33.1 Å². The number of halogens is 1. The zero-order valence-electron chi connectivity index (χ0n) is 42.9. The van der Waals surface area contributed by atoms with Crippen molar-refractivity contribution in [2.45, 2.75) is 144 Å². The van der Waals surface area contributed by atoms with Crippen molar-refractivity contribution in [3.8, 4) is 11.1 Å². The SMILES string of the molecule is Cc1cc(C(=O)Nc2cccc(-c3cccc(NC(=O)c4ccc(CN(CCO[Si](C)(C)C(C)(C)C)C(=O)OC(C)(C)C)cn4)c3C)c2Cl)nc2c1CCN(C1CCN(C(=O)OC(C)(C)C)CC1)C2. The number of amides is 4. The molecular formula is C53H72ClN7O7Si. The first kappa shape index (κ1) is 53.0. The monoisotopic (exact) mass is 981 g/mol. The van der Waals surface area contributed by atoms with E-state index in [0.717, 1.165) is 53.8 Å². The number of hydrogen-bond acceptors (Lipinski definition) is 10. The van der Waals surface area contributed by atoms with Crippen molar-refractivity contribution >= 4 is 55.3 Å². The Labute approximate surface area is 415 Å². The van der Waals surface area contributed by atoms with Gasteiger partial charge in [-0.2, -0.15) is 0 Å². The van der Waals surface area contributed by atoms with Crippen LogP contribution in [0.2, 0.25) is 23.2 Å². The summed E-state index contributed by atoms with van der Waals surface area (Å²) in [5, 5.41) is 6.39. The van der Waals surface area contributed by atoms with Crippen LogP contribution in [-0.2, 0) is 33.4 Å². The summed E-state index contributed by atoms with van der Waals surface area (Å²) in [4.78, 5) is 68.7. The fourth-order valence-corrected chi connectivity index (χ4v) is 9.58. The average Bonchev–Trinajstić information content (AvgIpc) is 3.26. The molecule has 4 aromatic rings. The molecule has 69 heavy (non-hydrogen) atoms. The third kappa shape index (κ3) is 13.7. The van der Waals surface area contributed by atoms with Crippen LogP contribution < -0.4 is 10.6 Å². The highest BCUT2D eigenvalue weighted by atomic mass is 35.5. The highest BCUT2D eigenvalue weighted by Crippen LogP contribution is 2.39. The van der Waals surface area contributed by atoms with Crippen molar-refractivity contribution in [3.05, 3.63) is 105 Å². The summed E-state index contributed by atoms with van der Waals surface area (Å²) in [5.41, 5.74) is 6.36. The van der Waals surface area contributed by atoms with Gasteiger partial charge >= 0.3 is 12.2 Å². The third-order valence-corrected chi connectivity index (χ3v) is 18.1. The van der Waals surface area contributed by atoms with Crippen LogP contribution in [-0.4, -0.2) is 107 Å². The van der Waals surface area contributed by atoms with E-state index in [-0.39, 0.29) is 29.3 Å². The van der Waals surface area contributed by atoms with Crippen LogP contribution in [0.3, 0.4) is 0 Å². The summed E-state index contributed by atoms with van der Waals surface area (Å²) in [6.45, 7) is 29.7. The molecule has 0 radical (unpaired) electrons. The Hall–Kier alpha value is -5.35. The van der Waals surface area contributed by atoms with E-state index in [4.69, 9.17) is 30.5 Å². The molecule has 0 aliphatic carbocycles. The molecular weight excluding hydrogens is 910 g/mol. The van der Waals surface area contributed by atoms with Gasteiger partial charge in [0.25, 0.3) is 11.8 Å². The molecule has 4 amide bonds. The molecule has 4 heterocycles. The summed E-state index contributed by atoms with van der Waals surface area (Å²) >= 11 is 7.07. The Morgan fingerprint density at radius 3 is 2.06 bits per heavy atom. The molecule has 1 fully saturated rings. The maximum absolute atomic E-state index is 13.9. The minimum absolute atomic E-state index is 0.0295. The number of nitrogens with one attached hydrogen (secondary N) is 2. The topological polar surface area (TPSA) is 156 Å². The Balaban J connectivity index is 1.10. The second-order valence-electron chi connectivity index (χ2n) is 21.8. The third-order valence-electron chi connectivity index (χ3n) is 13.1. The average molecular weight is 983 g/mol. The zero-order valence-corrected chi connectivity index (χ0v) is 44.6. The molecule has 16 heteroatoms. The lowest BCUT2D eigenvalue weighted by atomic mass is 9.95. The van der Waals surface area contributed by atoms with E-state index in [1.165, 1.54) is 5.56 Å². The van der Waals surface area contributed by atoms with Gasteiger partial charge in [0.15, 0.2) is 8.32 Å². The van der Waals surface area contributed by atoms with Crippen molar-refractivity contribution in [1.82, 2.24) is 24.7 Å². The molecule has 2 aromatic heterocycles. The van der Waals surface area contributed by atoms with E-state index >= 15 is 0 Å². The second-order valence-corrected chi connectivity index (χ2v) is 27.0. The fourth-order valence-electron chi connectivity index (χ4n) is 8.27. The minimum Gasteiger partial charge on any atom is -0.444 e. The number of rotatable bonds is 12. The molecule has 372 valence electrons. The molecule has 1 saturated heterocycles. The van der Waals surface area contributed by atoms with Gasteiger partial charge in [0.2, 0.25) is 0 Å². The highest BCUT2D eigenvalue weighted by Gasteiger charge is 2.37. The number of benzene rings is 2. The highest BCUT2D eigenvalue weighted by molar-refractivity contribution is 6.74. The molecule has 0 saturated carbocycles. The largest absolute Gasteiger partial charge is 0.444 e. The molecule has 2 aromatic carbocycles. The Kier molecular flexibility index (Phi) is 16.4. The lowest BCUT2D eigenvalue weighted by Gasteiger charge is -2.40. The van der Waals surface area contributed by atoms with Crippen LogP contribution in [0, 0.1) is 13.8 Å². The number of anilines is 2. The Morgan fingerprint density at radius 1 is 0.812 bits per heavy atom. The van der Waals surface area contributed by atoms with Crippen molar-refractivity contribution in [1.29, 1.82) is 0 Å². The fraction of sp³-hybridized carbons (Fsp3) is 0.509. The number of hydrogen-bond donors (Lipinski definition) is 2. The Morgan fingerprint density at radius 2 is 1.43 bits per heavy atom. The lowest BCUT2D eigenvalue weighted by Crippen LogP contribution is -2.49. The number of carbonyl (C=O) groups is 4. The molecule has 2 aliphatic heterocycles. The lowest BCUT2D eigenvalue weighted by molar-refractivity contribution is 0.0131. The van der Waals surface area contributed by atoms with Gasteiger partial charge in [-0.3, -0.25) is 19.5 Å². The Bertz CT molecular complexity index is 2520. The van der Waals surface area contributed by atoms with E-state index in [1.54, 1.807) is 34.2 Å². The van der Waals surface area contributed by atoms with Crippen LogP contribution >= 0.6 is 11.6 Å². The quantitative estimate of drug-likeness (QED) is 0.131. The van der Waals surface area contributed by atoms with Crippen LogP contribution in [0.25, 0.3) is 11.1 Å². The van der Waals surface area contributed by atoms with Crippen molar-refractivity contribution in [2.75, 3.05) is 43.4 Å². The van der Waals surface area contributed by atoms with Crippen LogP contribution in [0.1, 0.15) is 124 Å². The molecule has 0 bridgehead atoms. The molecule has 2 aliphatic rings. The summed E-state index contributed by atoms with van der Waals surface area (Å²) in [5.74, 6) is -0.771. The maximum atomic E-state index is 13.9. The van der Waals surface area contributed by atoms with Crippen LogP contribution in [0.15, 0.2) is 60.8 Å². The van der Waals surface area contributed by atoms with Crippen molar-refractivity contribution in [2.24, 2.45) is 0 Å². The molecule has 14 nitrogen and oxygen atoms in total. The van der Waals surface area contributed by atoms with Gasteiger partial charge in [-0.1, -0.05) is 62.7 Å². The number of aryl methyl sites for hydroxylation is 1. The smallest absolute Gasteiger partial charge is 0.410 e. The standard InChI is InChI=1S/C53H72ClN7O7Si/c1-34-30-44(56-45-33-60(27-24-38(34)45)37-22-25-59(26-23-37)49(64)67-51(3,4)5)48(63)58-42-19-15-17-40(46(42)54)39-16-14-18-41(35(39)2)57-47(62)43-21-20-36(31-55-43)32-61(50(65)68-52(6,7)8)28-29-66-69(12,13)53(9,10)11/h14-21,30-31,37H,22-29,32-33H2,1-13H3,(H,57,62)(H,58,63). The predicted molar refractivity (Wildman–Crippen MR) is 275 cm³/mol. The van der Waals surface area contributed by atoms with Crippen molar-refractivity contribution in [3.63, 3.8) is 0 Å². The first-order valence-corrected chi connectivity index (χ1v) is 27.3. The van der Waals surface area contributed by atoms with E-state index in [9.17, 15) is 19.2 Å².